The monoisotopic (exact) mass is 360 g/mol. The van der Waals surface area contributed by atoms with E-state index in [1.165, 1.54) is 0 Å². The molecule has 3 aromatic rings. The fourth-order valence-corrected chi connectivity index (χ4v) is 4.44. The average molecular weight is 360 g/mol. The van der Waals surface area contributed by atoms with E-state index in [2.05, 4.69) is 28.3 Å². The Kier molecular flexibility index (Phi) is 3.38. The van der Waals surface area contributed by atoms with Crippen molar-refractivity contribution < 1.29 is 4.79 Å². The summed E-state index contributed by atoms with van der Waals surface area (Å²) in [6.07, 6.45) is 10.6. The van der Waals surface area contributed by atoms with Crippen LogP contribution in [0, 0.1) is 22.7 Å². The summed E-state index contributed by atoms with van der Waals surface area (Å²) >= 11 is 0. The number of H-pyrrole nitrogens is 1. The number of aromatic nitrogens is 4. The molecule has 1 aliphatic heterocycles. The van der Waals surface area contributed by atoms with Gasteiger partial charge in [0, 0.05) is 35.8 Å². The van der Waals surface area contributed by atoms with Crippen LogP contribution in [-0.4, -0.2) is 31.8 Å². The van der Waals surface area contributed by atoms with Crippen LogP contribution in [0.4, 0.5) is 5.69 Å². The van der Waals surface area contributed by atoms with E-state index in [0.29, 0.717) is 6.42 Å². The molecule has 2 unspecified atom stereocenters. The lowest BCUT2D eigenvalue weighted by atomic mass is 9.81. The van der Waals surface area contributed by atoms with Crippen molar-refractivity contribution in [2.75, 3.05) is 4.90 Å². The van der Waals surface area contributed by atoms with Crippen LogP contribution in [0.2, 0.25) is 0 Å². The van der Waals surface area contributed by atoms with Crippen molar-refractivity contribution >= 4 is 17.1 Å². The first-order valence-electron chi connectivity index (χ1n) is 9.39. The van der Waals surface area contributed by atoms with Crippen molar-refractivity contribution in [3.05, 3.63) is 36.9 Å². The number of aromatic amines is 1. The zero-order valence-electron chi connectivity index (χ0n) is 15.1. The Morgan fingerprint density at radius 1 is 1.41 bits per heavy atom. The predicted octanol–water partition coefficient (Wildman–Crippen LogP) is 3.16. The SMILES string of the molecule is CCC1CC(C#N)(C2CC2)C(=O)N1c1ccnn2cc(-c3cn[nH]c3)cc12. The van der Waals surface area contributed by atoms with E-state index in [4.69, 9.17) is 0 Å². The minimum absolute atomic E-state index is 0.0382. The highest BCUT2D eigenvalue weighted by Gasteiger charge is 2.59. The van der Waals surface area contributed by atoms with Crippen LogP contribution in [0.1, 0.15) is 32.6 Å². The van der Waals surface area contributed by atoms with Crippen molar-refractivity contribution in [1.82, 2.24) is 19.8 Å². The lowest BCUT2D eigenvalue weighted by Crippen LogP contribution is -2.37. The molecule has 136 valence electrons. The van der Waals surface area contributed by atoms with Gasteiger partial charge < -0.3 is 4.90 Å². The van der Waals surface area contributed by atoms with Crippen molar-refractivity contribution in [3.8, 4) is 17.2 Å². The van der Waals surface area contributed by atoms with Gasteiger partial charge in [0.25, 0.3) is 0 Å². The van der Waals surface area contributed by atoms with Gasteiger partial charge in [0.05, 0.1) is 23.5 Å². The maximum Gasteiger partial charge on any atom is 0.248 e. The number of nitrogens with one attached hydrogen (secondary N) is 1. The molecule has 7 nitrogen and oxygen atoms in total. The molecule has 1 saturated heterocycles. The minimum Gasteiger partial charge on any atom is -0.306 e. The van der Waals surface area contributed by atoms with E-state index < -0.39 is 5.41 Å². The maximum absolute atomic E-state index is 13.4. The second kappa shape index (κ2) is 5.68. The van der Waals surface area contributed by atoms with Crippen molar-refractivity contribution in [3.63, 3.8) is 0 Å². The molecule has 27 heavy (non-hydrogen) atoms. The van der Waals surface area contributed by atoms with E-state index in [9.17, 15) is 10.1 Å². The summed E-state index contributed by atoms with van der Waals surface area (Å²) in [4.78, 5) is 15.3. The van der Waals surface area contributed by atoms with Gasteiger partial charge in [-0.15, -0.1) is 0 Å². The zero-order chi connectivity index (χ0) is 18.6. The van der Waals surface area contributed by atoms with Crippen LogP contribution in [0.25, 0.3) is 16.6 Å². The van der Waals surface area contributed by atoms with E-state index in [1.54, 1.807) is 16.9 Å². The Labute approximate surface area is 156 Å². The highest BCUT2D eigenvalue weighted by molar-refractivity contribution is 6.05. The molecule has 3 aromatic heterocycles. The number of hydrogen-bond acceptors (Lipinski definition) is 4. The Hall–Kier alpha value is -3.14. The summed E-state index contributed by atoms with van der Waals surface area (Å²) < 4.78 is 1.79. The lowest BCUT2D eigenvalue weighted by Gasteiger charge is -2.25. The summed E-state index contributed by atoms with van der Waals surface area (Å²) in [6.45, 7) is 2.08. The van der Waals surface area contributed by atoms with Gasteiger partial charge in [-0.05, 0) is 43.7 Å². The Morgan fingerprint density at radius 3 is 2.93 bits per heavy atom. The normalized spacial score (nSPS) is 25.3. The van der Waals surface area contributed by atoms with Crippen LogP contribution in [0.3, 0.4) is 0 Å². The molecule has 0 bridgehead atoms. The molecule has 1 aliphatic carbocycles. The molecule has 1 N–H and O–H groups in total. The molecule has 5 rings (SSSR count). The van der Waals surface area contributed by atoms with E-state index in [1.807, 2.05) is 29.4 Å². The van der Waals surface area contributed by atoms with Crippen molar-refractivity contribution in [1.29, 1.82) is 5.26 Å². The fourth-order valence-electron chi connectivity index (χ4n) is 4.44. The first kappa shape index (κ1) is 16.1. The molecule has 2 aliphatic rings. The molecule has 0 radical (unpaired) electrons. The molecule has 0 spiro atoms. The summed E-state index contributed by atoms with van der Waals surface area (Å²) in [6, 6.07) is 6.35. The van der Waals surface area contributed by atoms with E-state index >= 15 is 0 Å². The minimum atomic E-state index is -0.860. The first-order chi connectivity index (χ1) is 13.2. The van der Waals surface area contributed by atoms with Gasteiger partial charge in [-0.25, -0.2) is 4.52 Å². The predicted molar refractivity (Wildman–Crippen MR) is 99.7 cm³/mol. The van der Waals surface area contributed by atoms with Gasteiger partial charge in [-0.1, -0.05) is 6.92 Å². The van der Waals surface area contributed by atoms with Gasteiger partial charge in [0.1, 0.15) is 5.41 Å². The molecule has 2 fully saturated rings. The van der Waals surface area contributed by atoms with Gasteiger partial charge in [-0.2, -0.15) is 15.5 Å². The summed E-state index contributed by atoms with van der Waals surface area (Å²) in [5.74, 6) is 0.165. The number of amides is 1. The standard InChI is InChI=1S/C20H20N6O/c1-2-16-8-20(12-21,15-3-4-15)19(27)26(16)17-5-6-24-25-11-13(7-18(17)25)14-9-22-23-10-14/h5-7,9-11,15-16H,2-4,8H2,1H3,(H,22,23). The molecule has 7 heteroatoms. The van der Waals surface area contributed by atoms with Gasteiger partial charge in [0.2, 0.25) is 5.91 Å². The topological polar surface area (TPSA) is 90.1 Å². The number of nitrogens with zero attached hydrogens (tertiary/aromatic N) is 5. The van der Waals surface area contributed by atoms with Crippen LogP contribution in [-0.2, 0) is 4.79 Å². The maximum atomic E-state index is 13.4. The number of carbonyl (C=O) groups is 1. The third-order valence-electron chi connectivity index (χ3n) is 6.05. The van der Waals surface area contributed by atoms with Crippen molar-refractivity contribution in [2.45, 2.75) is 38.6 Å². The molecular formula is C20H20N6O. The third kappa shape index (κ3) is 2.23. The molecule has 4 heterocycles. The third-order valence-corrected chi connectivity index (χ3v) is 6.05. The quantitative estimate of drug-likeness (QED) is 0.774. The Morgan fingerprint density at radius 2 is 2.26 bits per heavy atom. The first-order valence-corrected chi connectivity index (χ1v) is 9.39. The fraction of sp³-hybridized carbons (Fsp3) is 0.400. The molecule has 1 saturated carbocycles. The molecular weight excluding hydrogens is 340 g/mol. The second-order valence-corrected chi connectivity index (χ2v) is 7.56. The number of carbonyl (C=O) groups excluding carboxylic acids is 1. The van der Waals surface area contributed by atoms with Gasteiger partial charge >= 0.3 is 0 Å². The van der Waals surface area contributed by atoms with Crippen LogP contribution < -0.4 is 4.90 Å². The van der Waals surface area contributed by atoms with Crippen LogP contribution >= 0.6 is 0 Å². The van der Waals surface area contributed by atoms with Crippen LogP contribution in [0.15, 0.2) is 36.9 Å². The molecule has 1 amide bonds. The highest BCUT2D eigenvalue weighted by atomic mass is 16.2. The number of anilines is 1. The summed E-state index contributed by atoms with van der Waals surface area (Å²) in [5, 5.41) is 21.1. The van der Waals surface area contributed by atoms with Gasteiger partial charge in [0.15, 0.2) is 0 Å². The lowest BCUT2D eigenvalue weighted by molar-refractivity contribution is -0.123. The summed E-state index contributed by atoms with van der Waals surface area (Å²) in [7, 11) is 0. The van der Waals surface area contributed by atoms with Crippen LogP contribution in [0.5, 0.6) is 0 Å². The smallest absolute Gasteiger partial charge is 0.248 e. The van der Waals surface area contributed by atoms with E-state index in [-0.39, 0.29) is 17.9 Å². The molecule has 2 atom stereocenters. The highest BCUT2D eigenvalue weighted by Crippen LogP contribution is 2.54. The average Bonchev–Trinajstić information content (AvgIpc) is 3.13. The second-order valence-electron chi connectivity index (χ2n) is 7.56. The number of fused-ring (bicyclic) bond motifs is 1. The number of nitriles is 1. The molecule has 0 aromatic carbocycles. The van der Waals surface area contributed by atoms with Crippen molar-refractivity contribution in [2.24, 2.45) is 11.3 Å². The number of hydrogen-bond donors (Lipinski definition) is 1. The van der Waals surface area contributed by atoms with E-state index in [0.717, 1.165) is 41.6 Å². The number of rotatable bonds is 4. The zero-order valence-corrected chi connectivity index (χ0v) is 15.1. The Balaban J connectivity index is 1.64. The largest absolute Gasteiger partial charge is 0.306 e. The Bertz CT molecular complexity index is 1060. The summed E-state index contributed by atoms with van der Waals surface area (Å²) in [5.41, 5.74) is 2.79. The van der Waals surface area contributed by atoms with Gasteiger partial charge in [-0.3, -0.25) is 9.89 Å².